The van der Waals surface area contributed by atoms with Crippen LogP contribution in [0.4, 0.5) is 5.69 Å². The van der Waals surface area contributed by atoms with E-state index in [2.05, 4.69) is 15.6 Å². The van der Waals surface area contributed by atoms with Crippen molar-refractivity contribution in [2.45, 2.75) is 19.8 Å². The van der Waals surface area contributed by atoms with Gasteiger partial charge in [0.15, 0.2) is 5.96 Å². The molecule has 0 aliphatic heterocycles. The normalized spacial score (nSPS) is 10.9. The number of halogens is 1. The van der Waals surface area contributed by atoms with Crippen LogP contribution in [0.1, 0.15) is 18.9 Å². The Morgan fingerprint density at radius 2 is 1.93 bits per heavy atom. The van der Waals surface area contributed by atoms with Gasteiger partial charge >= 0.3 is 0 Å². The van der Waals surface area contributed by atoms with Crippen LogP contribution in [-0.4, -0.2) is 44.5 Å². The fraction of sp³-hybridized carbons (Fsp3) is 0.381. The number of anilines is 1. The molecule has 2 aromatic carbocycles. The fourth-order valence-electron chi connectivity index (χ4n) is 2.51. The number of hydrogen-bond acceptors (Lipinski definition) is 4. The SMILES string of the molecule is CCNC(=NCCc1cccc(O)c1)Nc1cccc(OCCCOC)c1.I. The number of phenols is 1. The molecule has 0 saturated carbocycles. The molecule has 0 saturated heterocycles. The van der Waals surface area contributed by atoms with Crippen molar-refractivity contribution in [1.82, 2.24) is 5.32 Å². The first-order valence-electron chi connectivity index (χ1n) is 9.26. The second-order valence-electron chi connectivity index (χ2n) is 6.03. The van der Waals surface area contributed by atoms with Crippen molar-refractivity contribution in [2.75, 3.05) is 38.7 Å². The number of ether oxygens (including phenoxy) is 2. The molecule has 28 heavy (non-hydrogen) atoms. The number of phenolic OH excluding ortho intramolecular Hbond substituents is 1. The van der Waals surface area contributed by atoms with E-state index < -0.39 is 0 Å². The largest absolute Gasteiger partial charge is 0.508 e. The Morgan fingerprint density at radius 3 is 2.68 bits per heavy atom. The van der Waals surface area contributed by atoms with Crippen LogP contribution >= 0.6 is 24.0 Å². The lowest BCUT2D eigenvalue weighted by Gasteiger charge is -2.13. The van der Waals surface area contributed by atoms with Crippen LogP contribution in [0.15, 0.2) is 53.5 Å². The number of rotatable bonds is 10. The first-order valence-corrected chi connectivity index (χ1v) is 9.26. The Balaban J connectivity index is 0.00000392. The third kappa shape index (κ3) is 9.27. The Labute approximate surface area is 184 Å². The van der Waals surface area contributed by atoms with E-state index in [4.69, 9.17) is 9.47 Å². The zero-order valence-corrected chi connectivity index (χ0v) is 18.8. The molecule has 0 spiro atoms. The number of hydrogen-bond donors (Lipinski definition) is 3. The summed E-state index contributed by atoms with van der Waals surface area (Å²) in [7, 11) is 1.69. The number of aromatic hydroxyl groups is 1. The fourth-order valence-corrected chi connectivity index (χ4v) is 2.51. The molecule has 0 aliphatic rings. The third-order valence-corrected chi connectivity index (χ3v) is 3.78. The monoisotopic (exact) mass is 499 g/mol. The molecule has 6 nitrogen and oxygen atoms in total. The van der Waals surface area contributed by atoms with Crippen LogP contribution in [-0.2, 0) is 11.2 Å². The molecule has 154 valence electrons. The van der Waals surface area contributed by atoms with E-state index in [9.17, 15) is 5.11 Å². The van der Waals surface area contributed by atoms with E-state index in [1.54, 1.807) is 19.2 Å². The van der Waals surface area contributed by atoms with Crippen molar-refractivity contribution in [3.8, 4) is 11.5 Å². The van der Waals surface area contributed by atoms with Gasteiger partial charge in [-0.15, -0.1) is 24.0 Å². The summed E-state index contributed by atoms with van der Waals surface area (Å²) in [4.78, 5) is 4.61. The summed E-state index contributed by atoms with van der Waals surface area (Å²) in [6.45, 7) is 4.72. The van der Waals surface area contributed by atoms with Gasteiger partial charge < -0.3 is 25.2 Å². The van der Waals surface area contributed by atoms with Crippen molar-refractivity contribution in [2.24, 2.45) is 4.99 Å². The number of benzene rings is 2. The van der Waals surface area contributed by atoms with Gasteiger partial charge in [0.25, 0.3) is 0 Å². The molecule has 0 bridgehead atoms. The standard InChI is InChI=1S/C21H29N3O3.HI/c1-3-22-21(23-12-11-17-7-4-9-19(25)15-17)24-18-8-5-10-20(16-18)27-14-6-13-26-2;/h4-5,7-10,15-16,25H,3,6,11-14H2,1-2H3,(H2,22,23,24);1H. The Hall–Kier alpha value is -2.00. The Morgan fingerprint density at radius 1 is 1.11 bits per heavy atom. The molecule has 0 aromatic heterocycles. The first kappa shape index (κ1) is 24.0. The molecule has 0 atom stereocenters. The lowest BCUT2D eigenvalue weighted by molar-refractivity contribution is 0.172. The van der Waals surface area contributed by atoms with Crippen molar-refractivity contribution in [3.63, 3.8) is 0 Å². The topological polar surface area (TPSA) is 75.1 Å². The molecule has 0 amide bonds. The maximum Gasteiger partial charge on any atom is 0.195 e. The van der Waals surface area contributed by atoms with Crippen LogP contribution < -0.4 is 15.4 Å². The molecule has 2 aromatic rings. The van der Waals surface area contributed by atoms with Crippen molar-refractivity contribution >= 4 is 35.6 Å². The molecule has 0 heterocycles. The van der Waals surface area contributed by atoms with Gasteiger partial charge in [-0.05, 0) is 43.2 Å². The first-order chi connectivity index (χ1) is 13.2. The van der Waals surface area contributed by atoms with Gasteiger partial charge in [0.1, 0.15) is 11.5 Å². The smallest absolute Gasteiger partial charge is 0.195 e. The summed E-state index contributed by atoms with van der Waals surface area (Å²) >= 11 is 0. The second kappa shape index (κ2) is 14.1. The number of guanidine groups is 1. The van der Waals surface area contributed by atoms with Crippen LogP contribution in [0, 0.1) is 0 Å². The van der Waals surface area contributed by atoms with Gasteiger partial charge in [0, 0.05) is 45.0 Å². The van der Waals surface area contributed by atoms with Crippen LogP contribution in [0.3, 0.4) is 0 Å². The third-order valence-electron chi connectivity index (χ3n) is 3.78. The predicted molar refractivity (Wildman–Crippen MR) is 125 cm³/mol. The van der Waals surface area contributed by atoms with E-state index in [1.807, 2.05) is 43.3 Å². The summed E-state index contributed by atoms with van der Waals surface area (Å²) in [5.41, 5.74) is 1.97. The minimum Gasteiger partial charge on any atom is -0.508 e. The molecule has 0 radical (unpaired) electrons. The molecule has 0 fully saturated rings. The van der Waals surface area contributed by atoms with Gasteiger partial charge in [-0.25, -0.2) is 0 Å². The van der Waals surface area contributed by atoms with E-state index in [1.165, 1.54) is 0 Å². The maximum absolute atomic E-state index is 9.54. The van der Waals surface area contributed by atoms with Gasteiger partial charge in [-0.3, -0.25) is 4.99 Å². The highest BCUT2D eigenvalue weighted by Crippen LogP contribution is 2.17. The Kier molecular flexibility index (Phi) is 12.1. The quantitative estimate of drug-likeness (QED) is 0.199. The highest BCUT2D eigenvalue weighted by atomic mass is 127. The van der Waals surface area contributed by atoms with Gasteiger partial charge in [-0.2, -0.15) is 0 Å². The number of aliphatic imine (C=N–C) groups is 1. The van der Waals surface area contributed by atoms with Crippen molar-refractivity contribution in [3.05, 3.63) is 54.1 Å². The maximum atomic E-state index is 9.54. The molecule has 3 N–H and O–H groups in total. The molecule has 2 rings (SSSR count). The van der Waals surface area contributed by atoms with Crippen molar-refractivity contribution < 1.29 is 14.6 Å². The van der Waals surface area contributed by atoms with Gasteiger partial charge in [0.05, 0.1) is 6.61 Å². The van der Waals surface area contributed by atoms with Crippen LogP contribution in [0.2, 0.25) is 0 Å². The molecule has 0 aliphatic carbocycles. The highest BCUT2D eigenvalue weighted by molar-refractivity contribution is 14.0. The van der Waals surface area contributed by atoms with E-state index in [-0.39, 0.29) is 29.7 Å². The molecule has 7 heteroatoms. The number of methoxy groups -OCH3 is 1. The molecular weight excluding hydrogens is 469 g/mol. The Bertz CT molecular complexity index is 726. The minimum absolute atomic E-state index is 0. The second-order valence-corrected chi connectivity index (χ2v) is 6.03. The molecular formula is C21H30IN3O3. The average Bonchev–Trinajstić information content (AvgIpc) is 2.66. The summed E-state index contributed by atoms with van der Waals surface area (Å²) < 4.78 is 10.8. The highest BCUT2D eigenvalue weighted by Gasteiger charge is 2.02. The zero-order valence-electron chi connectivity index (χ0n) is 16.5. The minimum atomic E-state index is 0. The van der Waals surface area contributed by atoms with E-state index >= 15 is 0 Å². The lowest BCUT2D eigenvalue weighted by Crippen LogP contribution is -2.30. The lowest BCUT2D eigenvalue weighted by atomic mass is 10.1. The predicted octanol–water partition coefficient (Wildman–Crippen LogP) is 4.05. The van der Waals surface area contributed by atoms with Gasteiger partial charge in [-0.1, -0.05) is 18.2 Å². The number of nitrogens with one attached hydrogen (secondary N) is 2. The van der Waals surface area contributed by atoms with Crippen molar-refractivity contribution in [1.29, 1.82) is 0 Å². The average molecular weight is 499 g/mol. The van der Waals surface area contributed by atoms with Crippen LogP contribution in [0.5, 0.6) is 11.5 Å². The summed E-state index contributed by atoms with van der Waals surface area (Å²) in [6.07, 6.45) is 1.61. The summed E-state index contributed by atoms with van der Waals surface area (Å²) in [5, 5.41) is 16.1. The summed E-state index contributed by atoms with van der Waals surface area (Å²) in [5.74, 6) is 1.81. The molecule has 0 unspecified atom stereocenters. The van der Waals surface area contributed by atoms with E-state index in [0.29, 0.717) is 25.7 Å². The van der Waals surface area contributed by atoms with Crippen LogP contribution in [0.25, 0.3) is 0 Å². The van der Waals surface area contributed by atoms with E-state index in [0.717, 1.165) is 36.4 Å². The number of nitrogens with zero attached hydrogens (tertiary/aromatic N) is 1. The van der Waals surface area contributed by atoms with Gasteiger partial charge in [0.2, 0.25) is 0 Å². The summed E-state index contributed by atoms with van der Waals surface area (Å²) in [6, 6.07) is 15.1. The zero-order chi connectivity index (χ0) is 19.3.